The molecule has 1 N–H and O–H groups in total. The molecule has 4 heteroatoms. The molecule has 6 atom stereocenters. The molecule has 2 saturated carbocycles. The molecule has 3 aliphatic rings. The number of carbonyl (C=O) groups is 2. The van der Waals surface area contributed by atoms with Crippen LogP contribution in [-0.2, 0) is 9.59 Å². The second kappa shape index (κ2) is 5.47. The molecule has 1 amide bonds. The standard InChI is InChI=1S/C17H25NO3/c1-10-4-3-5-13(8-10)18(2)16(19)14-11-6-7-12(9-11)15(14)17(20)21/h6-7,10-15H,3-5,8-9H2,1-2H3,(H,20,21)/t10?,11?,12?,13?,14-,15+/m0/s1. The lowest BCUT2D eigenvalue weighted by Gasteiger charge is -2.37. The fourth-order valence-corrected chi connectivity index (χ4v) is 4.66. The van der Waals surface area contributed by atoms with E-state index in [1.54, 1.807) is 0 Å². The number of rotatable bonds is 3. The Hall–Kier alpha value is -1.32. The van der Waals surface area contributed by atoms with Crippen LogP contribution in [0.5, 0.6) is 0 Å². The molecule has 0 aromatic carbocycles. The molecule has 0 radical (unpaired) electrons. The summed E-state index contributed by atoms with van der Waals surface area (Å²) in [5.41, 5.74) is 0. The minimum atomic E-state index is -0.810. The van der Waals surface area contributed by atoms with Gasteiger partial charge in [0.05, 0.1) is 11.8 Å². The van der Waals surface area contributed by atoms with E-state index < -0.39 is 11.9 Å². The summed E-state index contributed by atoms with van der Waals surface area (Å²) in [5.74, 6) is -0.772. The Morgan fingerprint density at radius 1 is 1.10 bits per heavy atom. The Morgan fingerprint density at radius 2 is 1.76 bits per heavy atom. The maximum atomic E-state index is 12.9. The Labute approximate surface area is 126 Å². The van der Waals surface area contributed by atoms with E-state index in [0.717, 1.165) is 19.3 Å². The number of nitrogens with zero attached hydrogens (tertiary/aromatic N) is 1. The van der Waals surface area contributed by atoms with Crippen molar-refractivity contribution >= 4 is 11.9 Å². The zero-order chi connectivity index (χ0) is 15.1. The molecule has 3 aliphatic carbocycles. The number of carboxylic acid groups (broad SMARTS) is 1. The highest BCUT2D eigenvalue weighted by Gasteiger charge is 2.52. The fraction of sp³-hybridized carbons (Fsp3) is 0.765. The summed E-state index contributed by atoms with van der Waals surface area (Å²) < 4.78 is 0. The van der Waals surface area contributed by atoms with Gasteiger partial charge in [-0.15, -0.1) is 0 Å². The van der Waals surface area contributed by atoms with Crippen LogP contribution in [0, 0.1) is 29.6 Å². The molecule has 0 aliphatic heterocycles. The molecule has 4 nitrogen and oxygen atoms in total. The van der Waals surface area contributed by atoms with Crippen LogP contribution < -0.4 is 0 Å². The molecular formula is C17H25NO3. The van der Waals surface area contributed by atoms with E-state index in [9.17, 15) is 14.7 Å². The van der Waals surface area contributed by atoms with Crippen molar-refractivity contribution in [3.05, 3.63) is 12.2 Å². The first-order valence-corrected chi connectivity index (χ1v) is 8.17. The van der Waals surface area contributed by atoms with E-state index in [0.29, 0.717) is 12.0 Å². The number of amides is 1. The molecule has 21 heavy (non-hydrogen) atoms. The maximum absolute atomic E-state index is 12.9. The van der Waals surface area contributed by atoms with Crippen molar-refractivity contribution in [1.82, 2.24) is 4.90 Å². The summed E-state index contributed by atoms with van der Waals surface area (Å²) in [6.07, 6.45) is 9.41. The zero-order valence-corrected chi connectivity index (χ0v) is 12.9. The van der Waals surface area contributed by atoms with Crippen LogP contribution in [0.25, 0.3) is 0 Å². The van der Waals surface area contributed by atoms with Crippen molar-refractivity contribution in [3.8, 4) is 0 Å². The highest BCUT2D eigenvalue weighted by Crippen LogP contribution is 2.49. The smallest absolute Gasteiger partial charge is 0.307 e. The average molecular weight is 291 g/mol. The predicted molar refractivity (Wildman–Crippen MR) is 79.5 cm³/mol. The van der Waals surface area contributed by atoms with E-state index in [1.165, 1.54) is 12.8 Å². The van der Waals surface area contributed by atoms with Crippen LogP contribution in [-0.4, -0.2) is 35.0 Å². The second-order valence-corrected chi connectivity index (χ2v) is 7.21. The molecule has 0 saturated heterocycles. The van der Waals surface area contributed by atoms with Gasteiger partial charge in [0.1, 0.15) is 0 Å². The molecule has 0 aromatic rings. The third-order valence-electron chi connectivity index (χ3n) is 5.83. The van der Waals surface area contributed by atoms with Crippen LogP contribution >= 0.6 is 0 Å². The topological polar surface area (TPSA) is 57.6 Å². The van der Waals surface area contributed by atoms with Crippen LogP contribution in [0.1, 0.15) is 39.0 Å². The first-order chi connectivity index (χ1) is 9.99. The van der Waals surface area contributed by atoms with Gasteiger partial charge in [-0.1, -0.05) is 31.9 Å². The third-order valence-corrected chi connectivity index (χ3v) is 5.83. The molecule has 2 bridgehead atoms. The molecule has 116 valence electrons. The maximum Gasteiger partial charge on any atom is 0.307 e. The van der Waals surface area contributed by atoms with Gasteiger partial charge in [0.25, 0.3) is 0 Å². The summed E-state index contributed by atoms with van der Waals surface area (Å²) in [7, 11) is 1.87. The van der Waals surface area contributed by atoms with Crippen molar-refractivity contribution in [1.29, 1.82) is 0 Å². The second-order valence-electron chi connectivity index (χ2n) is 7.21. The van der Waals surface area contributed by atoms with Gasteiger partial charge in [0, 0.05) is 13.1 Å². The van der Waals surface area contributed by atoms with Crippen LogP contribution in [0.2, 0.25) is 0 Å². The summed E-state index contributed by atoms with van der Waals surface area (Å²) in [4.78, 5) is 26.3. The molecule has 4 unspecified atom stereocenters. The number of fused-ring (bicyclic) bond motifs is 2. The minimum absolute atomic E-state index is 0.0540. The monoisotopic (exact) mass is 291 g/mol. The average Bonchev–Trinajstić information content (AvgIpc) is 3.06. The number of aliphatic carboxylic acids is 1. The van der Waals surface area contributed by atoms with Gasteiger partial charge in [-0.2, -0.15) is 0 Å². The van der Waals surface area contributed by atoms with Crippen molar-refractivity contribution in [2.75, 3.05) is 7.05 Å². The van der Waals surface area contributed by atoms with E-state index in [2.05, 4.69) is 13.0 Å². The number of allylic oxidation sites excluding steroid dienone is 2. The molecular weight excluding hydrogens is 266 g/mol. The number of carbonyl (C=O) groups excluding carboxylic acids is 1. The predicted octanol–water partition coefficient (Wildman–Crippen LogP) is 2.55. The third kappa shape index (κ3) is 2.49. The largest absolute Gasteiger partial charge is 0.481 e. The van der Waals surface area contributed by atoms with Gasteiger partial charge >= 0.3 is 5.97 Å². The molecule has 0 heterocycles. The molecule has 0 aromatic heterocycles. The molecule has 3 rings (SSSR count). The van der Waals surface area contributed by atoms with Gasteiger partial charge in [0.15, 0.2) is 0 Å². The quantitative estimate of drug-likeness (QED) is 0.813. The van der Waals surface area contributed by atoms with E-state index in [4.69, 9.17) is 0 Å². The van der Waals surface area contributed by atoms with Crippen molar-refractivity contribution in [2.24, 2.45) is 29.6 Å². The highest BCUT2D eigenvalue weighted by molar-refractivity contribution is 5.87. The highest BCUT2D eigenvalue weighted by atomic mass is 16.4. The van der Waals surface area contributed by atoms with E-state index in [-0.39, 0.29) is 23.7 Å². The number of hydrogen-bond acceptors (Lipinski definition) is 2. The lowest BCUT2D eigenvalue weighted by molar-refractivity contribution is -0.151. The van der Waals surface area contributed by atoms with Crippen LogP contribution in [0.4, 0.5) is 0 Å². The first kappa shape index (κ1) is 14.6. The van der Waals surface area contributed by atoms with Gasteiger partial charge in [-0.25, -0.2) is 0 Å². The summed E-state index contributed by atoms with van der Waals surface area (Å²) in [5, 5.41) is 9.48. The van der Waals surface area contributed by atoms with Crippen molar-refractivity contribution in [2.45, 2.75) is 45.1 Å². The fourth-order valence-electron chi connectivity index (χ4n) is 4.66. The summed E-state index contributed by atoms with van der Waals surface area (Å²) >= 11 is 0. The van der Waals surface area contributed by atoms with Gasteiger partial charge < -0.3 is 10.0 Å². The van der Waals surface area contributed by atoms with Crippen LogP contribution in [0.15, 0.2) is 12.2 Å². The summed E-state index contributed by atoms with van der Waals surface area (Å²) in [6, 6.07) is 0.291. The van der Waals surface area contributed by atoms with E-state index in [1.807, 2.05) is 18.0 Å². The zero-order valence-electron chi connectivity index (χ0n) is 12.9. The van der Waals surface area contributed by atoms with Crippen LogP contribution in [0.3, 0.4) is 0 Å². The Morgan fingerprint density at radius 3 is 2.38 bits per heavy atom. The Balaban J connectivity index is 1.74. The lowest BCUT2D eigenvalue weighted by Crippen LogP contribution is -2.46. The normalized spacial score (nSPS) is 41.2. The minimum Gasteiger partial charge on any atom is -0.481 e. The SMILES string of the molecule is CC1CCCC(N(C)C(=O)[C@H]2C3C=CC(C3)[C@H]2C(=O)O)C1. The van der Waals surface area contributed by atoms with Gasteiger partial charge in [-0.05, 0) is 37.0 Å². The first-order valence-electron chi connectivity index (χ1n) is 8.17. The van der Waals surface area contributed by atoms with E-state index >= 15 is 0 Å². The molecule has 0 spiro atoms. The Kier molecular flexibility index (Phi) is 3.80. The lowest BCUT2D eigenvalue weighted by atomic mass is 9.80. The van der Waals surface area contributed by atoms with Gasteiger partial charge in [0.2, 0.25) is 5.91 Å². The number of hydrogen-bond donors (Lipinski definition) is 1. The number of carboxylic acids is 1. The Bertz CT molecular complexity index is 473. The summed E-state index contributed by atoms with van der Waals surface area (Å²) in [6.45, 7) is 2.24. The van der Waals surface area contributed by atoms with Crippen molar-refractivity contribution in [3.63, 3.8) is 0 Å². The molecule has 2 fully saturated rings. The van der Waals surface area contributed by atoms with Gasteiger partial charge in [-0.3, -0.25) is 9.59 Å². The van der Waals surface area contributed by atoms with Crippen molar-refractivity contribution < 1.29 is 14.7 Å².